The van der Waals surface area contributed by atoms with Gasteiger partial charge in [-0.25, -0.2) is 18.0 Å². The van der Waals surface area contributed by atoms with Crippen molar-refractivity contribution in [3.63, 3.8) is 0 Å². The molecule has 3 rings (SSSR count). The fraction of sp³-hybridized carbons (Fsp3) is 0.235. The molecule has 1 aliphatic carbocycles. The molecule has 1 unspecified atom stereocenters. The van der Waals surface area contributed by atoms with E-state index in [1.165, 1.54) is 6.07 Å². The fourth-order valence-corrected chi connectivity index (χ4v) is 3.01. The molecule has 0 fully saturated rings. The minimum atomic E-state index is -1.51. The zero-order chi connectivity index (χ0) is 16.6. The van der Waals surface area contributed by atoms with E-state index in [0.29, 0.717) is 12.0 Å². The number of hydrogen-bond donors (Lipinski definition) is 2. The van der Waals surface area contributed by atoms with E-state index in [2.05, 4.69) is 5.32 Å². The zero-order valence-corrected chi connectivity index (χ0v) is 12.1. The van der Waals surface area contributed by atoms with E-state index >= 15 is 0 Å². The lowest BCUT2D eigenvalue weighted by Gasteiger charge is -2.26. The highest BCUT2D eigenvalue weighted by Gasteiger charge is 2.23. The van der Waals surface area contributed by atoms with Gasteiger partial charge in [-0.3, -0.25) is 0 Å². The van der Waals surface area contributed by atoms with Crippen molar-refractivity contribution in [1.82, 2.24) is 5.32 Å². The molecule has 0 bridgehead atoms. The molecule has 0 radical (unpaired) electrons. The van der Waals surface area contributed by atoms with Crippen LogP contribution in [0.25, 0.3) is 11.1 Å². The first-order valence-corrected chi connectivity index (χ1v) is 7.23. The Hall–Kier alpha value is -2.50. The molecule has 6 heteroatoms. The van der Waals surface area contributed by atoms with Gasteiger partial charge >= 0.3 is 6.09 Å². The second-order valence-corrected chi connectivity index (χ2v) is 5.53. The third-order valence-electron chi connectivity index (χ3n) is 4.10. The Balaban J connectivity index is 2.06. The summed E-state index contributed by atoms with van der Waals surface area (Å²) in [6, 6.07) is 6.73. The molecule has 0 saturated heterocycles. The largest absolute Gasteiger partial charge is 0.465 e. The molecule has 2 N–H and O–H groups in total. The van der Waals surface area contributed by atoms with Gasteiger partial charge < -0.3 is 10.4 Å². The monoisotopic (exact) mass is 321 g/mol. The first-order chi connectivity index (χ1) is 11.0. The van der Waals surface area contributed by atoms with E-state index in [1.54, 1.807) is 18.2 Å². The number of carboxylic acid groups (broad SMARTS) is 1. The standard InChI is InChI=1S/C17H14F3NO2/c18-13-7-6-11(15(19)16(13)20)10-5-4-9-2-1-3-14(12(9)8-10)21-17(22)23/h4-8,14,21H,1-3H2,(H,22,23). The minimum Gasteiger partial charge on any atom is -0.465 e. The van der Waals surface area contributed by atoms with Gasteiger partial charge in [-0.1, -0.05) is 12.1 Å². The third kappa shape index (κ3) is 2.88. The number of rotatable bonds is 2. The van der Waals surface area contributed by atoms with Gasteiger partial charge in [0.25, 0.3) is 0 Å². The van der Waals surface area contributed by atoms with Gasteiger partial charge in [0.05, 0.1) is 6.04 Å². The van der Waals surface area contributed by atoms with Gasteiger partial charge in [0.15, 0.2) is 17.5 Å². The van der Waals surface area contributed by atoms with Gasteiger partial charge in [-0.15, -0.1) is 0 Å². The molecule has 1 atom stereocenters. The summed E-state index contributed by atoms with van der Waals surface area (Å²) in [5, 5.41) is 11.4. The predicted octanol–water partition coefficient (Wildman–Crippen LogP) is 4.42. The van der Waals surface area contributed by atoms with Crippen LogP contribution in [0.1, 0.15) is 30.0 Å². The number of carbonyl (C=O) groups is 1. The lowest BCUT2D eigenvalue weighted by molar-refractivity contribution is 0.188. The SMILES string of the molecule is O=C(O)NC1CCCc2ccc(-c3ccc(F)c(F)c3F)cc21. The number of nitrogens with one attached hydrogen (secondary N) is 1. The summed E-state index contributed by atoms with van der Waals surface area (Å²) in [6.07, 6.45) is 1.15. The van der Waals surface area contributed by atoms with Gasteiger partial charge in [0, 0.05) is 5.56 Å². The molecule has 2 aromatic carbocycles. The molecule has 3 nitrogen and oxygen atoms in total. The third-order valence-corrected chi connectivity index (χ3v) is 4.10. The maximum absolute atomic E-state index is 14.0. The Morgan fingerprint density at radius 1 is 1.13 bits per heavy atom. The predicted molar refractivity (Wildman–Crippen MR) is 78.6 cm³/mol. The Morgan fingerprint density at radius 2 is 1.91 bits per heavy atom. The zero-order valence-electron chi connectivity index (χ0n) is 12.1. The number of hydrogen-bond acceptors (Lipinski definition) is 1. The summed E-state index contributed by atoms with van der Waals surface area (Å²) in [6.45, 7) is 0. The Bertz CT molecular complexity index is 777. The summed E-state index contributed by atoms with van der Waals surface area (Å²) in [5.74, 6) is -4.00. The molecule has 0 spiro atoms. The molecule has 23 heavy (non-hydrogen) atoms. The number of amides is 1. The van der Waals surface area contributed by atoms with Crippen molar-refractivity contribution in [2.75, 3.05) is 0 Å². The molecule has 0 saturated carbocycles. The van der Waals surface area contributed by atoms with Crippen molar-refractivity contribution in [1.29, 1.82) is 0 Å². The second kappa shape index (κ2) is 5.95. The number of halogens is 3. The Labute approximate surface area is 130 Å². The van der Waals surface area contributed by atoms with E-state index in [1.807, 2.05) is 0 Å². The lowest BCUT2D eigenvalue weighted by Crippen LogP contribution is -2.29. The molecular formula is C17H14F3NO2. The molecule has 2 aromatic rings. The van der Waals surface area contributed by atoms with Crippen LogP contribution >= 0.6 is 0 Å². The normalized spacial score (nSPS) is 16.7. The summed E-state index contributed by atoms with van der Waals surface area (Å²) in [7, 11) is 0. The second-order valence-electron chi connectivity index (χ2n) is 5.53. The average Bonchev–Trinajstić information content (AvgIpc) is 2.52. The van der Waals surface area contributed by atoms with Crippen molar-refractivity contribution < 1.29 is 23.1 Å². The highest BCUT2D eigenvalue weighted by molar-refractivity contribution is 5.68. The topological polar surface area (TPSA) is 49.3 Å². The first-order valence-electron chi connectivity index (χ1n) is 7.23. The molecular weight excluding hydrogens is 307 g/mol. The van der Waals surface area contributed by atoms with Crippen molar-refractivity contribution in [3.05, 3.63) is 58.9 Å². The Morgan fingerprint density at radius 3 is 2.65 bits per heavy atom. The molecule has 1 amide bonds. The van der Waals surface area contributed by atoms with Crippen molar-refractivity contribution >= 4 is 6.09 Å². The molecule has 120 valence electrons. The van der Waals surface area contributed by atoms with Crippen LogP contribution in [0.5, 0.6) is 0 Å². The number of aryl methyl sites for hydroxylation is 1. The van der Waals surface area contributed by atoms with Gasteiger partial charge in [-0.05, 0) is 54.2 Å². The quantitative estimate of drug-likeness (QED) is 0.805. The van der Waals surface area contributed by atoms with Crippen LogP contribution in [0, 0.1) is 17.5 Å². The Kier molecular flexibility index (Phi) is 3.98. The van der Waals surface area contributed by atoms with Crippen LogP contribution in [-0.2, 0) is 6.42 Å². The van der Waals surface area contributed by atoms with Crippen LogP contribution in [0.15, 0.2) is 30.3 Å². The van der Waals surface area contributed by atoms with E-state index in [0.717, 1.165) is 30.0 Å². The van der Waals surface area contributed by atoms with E-state index < -0.39 is 23.5 Å². The lowest BCUT2D eigenvalue weighted by atomic mass is 9.85. The van der Waals surface area contributed by atoms with E-state index in [-0.39, 0.29) is 11.6 Å². The maximum Gasteiger partial charge on any atom is 0.405 e. The number of benzene rings is 2. The molecule has 0 aliphatic heterocycles. The van der Waals surface area contributed by atoms with E-state index in [9.17, 15) is 18.0 Å². The molecule has 0 heterocycles. The molecule has 0 aromatic heterocycles. The van der Waals surface area contributed by atoms with Gasteiger partial charge in [0.2, 0.25) is 0 Å². The summed E-state index contributed by atoms with van der Waals surface area (Å²) >= 11 is 0. The number of fused-ring (bicyclic) bond motifs is 1. The first kappa shape index (κ1) is 15.4. The van der Waals surface area contributed by atoms with Crippen LogP contribution in [0.3, 0.4) is 0 Å². The van der Waals surface area contributed by atoms with Crippen molar-refractivity contribution in [3.8, 4) is 11.1 Å². The minimum absolute atomic E-state index is 0.0497. The van der Waals surface area contributed by atoms with Crippen LogP contribution in [-0.4, -0.2) is 11.2 Å². The van der Waals surface area contributed by atoms with Gasteiger partial charge in [-0.2, -0.15) is 0 Å². The summed E-state index contributed by atoms with van der Waals surface area (Å²) < 4.78 is 40.5. The van der Waals surface area contributed by atoms with Crippen molar-refractivity contribution in [2.24, 2.45) is 0 Å². The average molecular weight is 321 g/mol. The maximum atomic E-state index is 14.0. The fourth-order valence-electron chi connectivity index (χ4n) is 3.01. The summed E-state index contributed by atoms with van der Waals surface area (Å²) in [5.41, 5.74) is 2.06. The van der Waals surface area contributed by atoms with Crippen LogP contribution in [0.2, 0.25) is 0 Å². The van der Waals surface area contributed by atoms with Crippen LogP contribution in [0.4, 0.5) is 18.0 Å². The van der Waals surface area contributed by atoms with Gasteiger partial charge in [0.1, 0.15) is 0 Å². The van der Waals surface area contributed by atoms with Crippen molar-refractivity contribution in [2.45, 2.75) is 25.3 Å². The van der Waals surface area contributed by atoms with E-state index in [4.69, 9.17) is 5.11 Å². The molecule has 1 aliphatic rings. The summed E-state index contributed by atoms with van der Waals surface area (Å²) in [4.78, 5) is 10.9. The highest BCUT2D eigenvalue weighted by atomic mass is 19.2. The highest BCUT2D eigenvalue weighted by Crippen LogP contribution is 2.34. The van der Waals surface area contributed by atoms with Crippen LogP contribution < -0.4 is 5.32 Å². The smallest absolute Gasteiger partial charge is 0.405 e.